The van der Waals surface area contributed by atoms with Crippen molar-refractivity contribution < 1.29 is 8.42 Å². The van der Waals surface area contributed by atoms with E-state index in [1.54, 1.807) is 25.0 Å². The summed E-state index contributed by atoms with van der Waals surface area (Å²) in [5, 5.41) is 8.25. The number of anilines is 1. The van der Waals surface area contributed by atoms with Crippen LogP contribution in [-0.2, 0) is 24.1 Å². The molecule has 8 heteroatoms. The number of aryl methyl sites for hydroxylation is 2. The topological polar surface area (TPSA) is 81.8 Å². The summed E-state index contributed by atoms with van der Waals surface area (Å²) in [5.41, 5.74) is 1.21. The van der Waals surface area contributed by atoms with Crippen molar-refractivity contribution in [1.82, 2.24) is 19.6 Å². The average molecular weight is 283 g/mol. The fourth-order valence-corrected chi connectivity index (χ4v) is 3.02. The minimum Gasteiger partial charge on any atom is -0.275 e. The largest absolute Gasteiger partial charge is 0.279 e. The van der Waals surface area contributed by atoms with Crippen LogP contribution in [-0.4, -0.2) is 28.0 Å². The van der Waals surface area contributed by atoms with E-state index in [2.05, 4.69) is 14.9 Å². The first-order valence-corrected chi connectivity index (χ1v) is 7.34. The predicted molar refractivity (Wildman–Crippen MR) is 71.3 cm³/mol. The van der Waals surface area contributed by atoms with E-state index >= 15 is 0 Å². The van der Waals surface area contributed by atoms with Gasteiger partial charge in [0.15, 0.2) is 5.03 Å². The van der Waals surface area contributed by atoms with Gasteiger partial charge >= 0.3 is 0 Å². The van der Waals surface area contributed by atoms with E-state index in [9.17, 15) is 8.42 Å². The molecular formula is C11H17N5O2S. The third-order valence-corrected chi connectivity index (χ3v) is 4.14. The Morgan fingerprint density at radius 1 is 1.32 bits per heavy atom. The van der Waals surface area contributed by atoms with E-state index in [0.717, 1.165) is 0 Å². The van der Waals surface area contributed by atoms with E-state index in [1.165, 1.54) is 16.9 Å². The summed E-state index contributed by atoms with van der Waals surface area (Å²) in [7, 11) is -0.304. The molecule has 1 N–H and O–H groups in total. The minimum absolute atomic E-state index is 0.117. The first kappa shape index (κ1) is 13.6. The molecular weight excluding hydrogens is 266 g/mol. The fourth-order valence-electron chi connectivity index (χ4n) is 1.83. The monoisotopic (exact) mass is 283 g/mol. The molecule has 0 aliphatic heterocycles. The number of sulfonamides is 1. The Labute approximate surface area is 112 Å². The Morgan fingerprint density at radius 3 is 2.53 bits per heavy atom. The molecule has 0 aliphatic carbocycles. The first-order valence-electron chi connectivity index (χ1n) is 5.85. The van der Waals surface area contributed by atoms with Crippen LogP contribution in [0.3, 0.4) is 0 Å². The van der Waals surface area contributed by atoms with E-state index in [0.29, 0.717) is 11.4 Å². The molecule has 0 fully saturated rings. The van der Waals surface area contributed by atoms with Gasteiger partial charge in [0.2, 0.25) is 0 Å². The Hall–Kier alpha value is -1.83. The summed E-state index contributed by atoms with van der Waals surface area (Å²) in [6, 6.07) is 1.45. The molecule has 2 aromatic rings. The second kappa shape index (κ2) is 4.69. The van der Waals surface area contributed by atoms with Crippen molar-refractivity contribution >= 4 is 15.7 Å². The van der Waals surface area contributed by atoms with Crippen molar-refractivity contribution in [2.24, 2.45) is 14.1 Å². The Balaban J connectivity index is 2.39. The standard InChI is InChI=1S/C11H17N5O2S/c1-8(2)11-9(7-15(3)13-11)14-19(17,18)10-5-6-12-16(10)4/h5-8,14H,1-4H3. The van der Waals surface area contributed by atoms with E-state index in [4.69, 9.17) is 0 Å². The lowest BCUT2D eigenvalue weighted by atomic mass is 10.1. The summed E-state index contributed by atoms with van der Waals surface area (Å²) in [5.74, 6) is 0.130. The maximum Gasteiger partial charge on any atom is 0.279 e. The summed E-state index contributed by atoms with van der Waals surface area (Å²) >= 11 is 0. The number of aromatic nitrogens is 4. The summed E-state index contributed by atoms with van der Waals surface area (Å²) in [6.07, 6.45) is 3.10. The molecule has 0 radical (unpaired) electrons. The zero-order valence-electron chi connectivity index (χ0n) is 11.3. The van der Waals surface area contributed by atoms with Gasteiger partial charge in [0.25, 0.3) is 10.0 Å². The summed E-state index contributed by atoms with van der Waals surface area (Å²) < 4.78 is 30.0. The van der Waals surface area contributed by atoms with Gasteiger partial charge in [-0.2, -0.15) is 18.6 Å². The molecule has 2 rings (SSSR count). The molecule has 0 amide bonds. The molecule has 0 atom stereocenters. The molecule has 7 nitrogen and oxygen atoms in total. The van der Waals surface area contributed by atoms with Crippen LogP contribution in [0.5, 0.6) is 0 Å². The molecule has 0 spiro atoms. The van der Waals surface area contributed by atoms with E-state index in [1.807, 2.05) is 13.8 Å². The SMILES string of the molecule is CC(C)c1nn(C)cc1NS(=O)(=O)c1ccnn1C. The van der Waals surface area contributed by atoms with E-state index < -0.39 is 10.0 Å². The van der Waals surface area contributed by atoms with Gasteiger partial charge in [0, 0.05) is 20.3 Å². The van der Waals surface area contributed by atoms with Crippen molar-refractivity contribution in [2.75, 3.05) is 4.72 Å². The maximum absolute atomic E-state index is 12.3. The van der Waals surface area contributed by atoms with Gasteiger partial charge in [-0.25, -0.2) is 0 Å². The number of nitrogens with one attached hydrogen (secondary N) is 1. The zero-order chi connectivity index (χ0) is 14.2. The Bertz CT molecular complexity index is 684. The van der Waals surface area contributed by atoms with Crippen LogP contribution in [0.15, 0.2) is 23.5 Å². The van der Waals surface area contributed by atoms with Gasteiger partial charge in [-0.1, -0.05) is 13.8 Å². The summed E-state index contributed by atoms with van der Waals surface area (Å²) in [6.45, 7) is 3.93. The lowest BCUT2D eigenvalue weighted by Crippen LogP contribution is -2.17. The predicted octanol–water partition coefficient (Wildman–Crippen LogP) is 1.08. The number of hydrogen-bond acceptors (Lipinski definition) is 4. The first-order chi connectivity index (χ1) is 8.81. The second-order valence-electron chi connectivity index (χ2n) is 4.65. The van der Waals surface area contributed by atoms with Crippen LogP contribution in [0.25, 0.3) is 0 Å². The molecule has 0 aliphatic rings. The smallest absolute Gasteiger partial charge is 0.275 e. The van der Waals surface area contributed by atoms with Crippen LogP contribution in [0.4, 0.5) is 5.69 Å². The van der Waals surface area contributed by atoms with Gasteiger partial charge < -0.3 is 0 Å². The molecule has 19 heavy (non-hydrogen) atoms. The van der Waals surface area contributed by atoms with Gasteiger partial charge in [-0.3, -0.25) is 14.1 Å². The number of nitrogens with zero attached hydrogens (tertiary/aromatic N) is 4. The molecule has 0 saturated carbocycles. The Morgan fingerprint density at radius 2 is 2.00 bits per heavy atom. The molecule has 0 bridgehead atoms. The number of rotatable bonds is 4. The van der Waals surface area contributed by atoms with Crippen molar-refractivity contribution in [2.45, 2.75) is 24.8 Å². The zero-order valence-corrected chi connectivity index (χ0v) is 12.1. The van der Waals surface area contributed by atoms with Gasteiger partial charge in [-0.05, 0) is 12.0 Å². The molecule has 0 saturated heterocycles. The molecule has 0 unspecified atom stereocenters. The van der Waals surface area contributed by atoms with Gasteiger partial charge in [-0.15, -0.1) is 0 Å². The van der Waals surface area contributed by atoms with Crippen LogP contribution >= 0.6 is 0 Å². The van der Waals surface area contributed by atoms with Crippen molar-refractivity contribution in [3.63, 3.8) is 0 Å². The minimum atomic E-state index is -3.65. The van der Waals surface area contributed by atoms with Crippen molar-refractivity contribution in [3.05, 3.63) is 24.2 Å². The highest BCUT2D eigenvalue weighted by Gasteiger charge is 2.21. The van der Waals surface area contributed by atoms with Gasteiger partial charge in [0.1, 0.15) is 0 Å². The second-order valence-corrected chi connectivity index (χ2v) is 6.28. The summed E-state index contributed by atoms with van der Waals surface area (Å²) in [4.78, 5) is 0. The normalized spacial score (nSPS) is 12.1. The molecule has 2 heterocycles. The van der Waals surface area contributed by atoms with E-state index in [-0.39, 0.29) is 10.9 Å². The highest BCUT2D eigenvalue weighted by atomic mass is 32.2. The lowest BCUT2D eigenvalue weighted by Gasteiger charge is -2.09. The molecule has 2 aromatic heterocycles. The van der Waals surface area contributed by atoms with Crippen LogP contribution in [0, 0.1) is 0 Å². The number of hydrogen-bond donors (Lipinski definition) is 1. The Kier molecular flexibility index (Phi) is 3.36. The quantitative estimate of drug-likeness (QED) is 0.910. The highest BCUT2D eigenvalue weighted by Crippen LogP contribution is 2.24. The van der Waals surface area contributed by atoms with Crippen molar-refractivity contribution in [1.29, 1.82) is 0 Å². The van der Waals surface area contributed by atoms with Crippen LogP contribution in [0.2, 0.25) is 0 Å². The third kappa shape index (κ3) is 2.62. The third-order valence-electron chi connectivity index (χ3n) is 2.70. The fraction of sp³-hybridized carbons (Fsp3) is 0.455. The highest BCUT2D eigenvalue weighted by molar-refractivity contribution is 7.92. The lowest BCUT2D eigenvalue weighted by molar-refractivity contribution is 0.582. The van der Waals surface area contributed by atoms with Crippen LogP contribution in [0.1, 0.15) is 25.5 Å². The molecule has 104 valence electrons. The van der Waals surface area contributed by atoms with Crippen molar-refractivity contribution in [3.8, 4) is 0 Å². The van der Waals surface area contributed by atoms with Crippen LogP contribution < -0.4 is 4.72 Å². The molecule has 0 aromatic carbocycles. The maximum atomic E-state index is 12.3. The average Bonchev–Trinajstić information content (AvgIpc) is 2.84. The van der Waals surface area contributed by atoms with Gasteiger partial charge in [0.05, 0.1) is 17.6 Å².